The summed E-state index contributed by atoms with van der Waals surface area (Å²) < 4.78 is 1.51. The molecule has 4 nitrogen and oxygen atoms in total. The number of anilines is 1. The van der Waals surface area contributed by atoms with Crippen molar-refractivity contribution in [2.75, 3.05) is 5.73 Å². The fraction of sp³-hybridized carbons (Fsp3) is 0.0909. The van der Waals surface area contributed by atoms with Crippen molar-refractivity contribution >= 4 is 23.1 Å². The number of nitrogen functional groups attached to an aromatic ring is 1. The fourth-order valence-corrected chi connectivity index (χ4v) is 1.47. The molecule has 0 amide bonds. The summed E-state index contributed by atoms with van der Waals surface area (Å²) in [6.07, 6.45) is 3.13. The fourth-order valence-electron chi connectivity index (χ4n) is 1.34. The van der Waals surface area contributed by atoms with Crippen LogP contribution in [0, 0.1) is 0 Å². The molecule has 5 heteroatoms. The van der Waals surface area contributed by atoms with Crippen molar-refractivity contribution in [2.24, 2.45) is 0 Å². The second-order valence-electron chi connectivity index (χ2n) is 3.40. The molecule has 2 N–H and O–H groups in total. The molecule has 2 aromatic rings. The van der Waals surface area contributed by atoms with Crippen LogP contribution in [0.5, 0.6) is 0 Å². The zero-order valence-electron chi connectivity index (χ0n) is 8.43. The second kappa shape index (κ2) is 4.37. The maximum Gasteiger partial charge on any atom is 0.184 e. The molecule has 16 heavy (non-hydrogen) atoms. The number of halogens is 1. The van der Waals surface area contributed by atoms with Gasteiger partial charge in [0.2, 0.25) is 0 Å². The highest BCUT2D eigenvalue weighted by Gasteiger charge is 2.07. The van der Waals surface area contributed by atoms with Crippen LogP contribution in [0.15, 0.2) is 36.7 Å². The molecule has 0 spiro atoms. The molecule has 0 saturated heterocycles. The number of aromatic nitrogens is 2. The van der Waals surface area contributed by atoms with E-state index in [9.17, 15) is 4.79 Å². The van der Waals surface area contributed by atoms with Gasteiger partial charge in [-0.05, 0) is 24.3 Å². The molecule has 0 aliphatic rings. The maximum absolute atomic E-state index is 11.8. The number of ketones is 1. The Labute approximate surface area is 97.6 Å². The van der Waals surface area contributed by atoms with Crippen molar-refractivity contribution < 1.29 is 4.79 Å². The van der Waals surface area contributed by atoms with E-state index in [-0.39, 0.29) is 12.3 Å². The Morgan fingerprint density at radius 1 is 1.38 bits per heavy atom. The lowest BCUT2D eigenvalue weighted by molar-refractivity contribution is 0.0968. The molecule has 1 aromatic heterocycles. The van der Waals surface area contributed by atoms with Crippen LogP contribution >= 0.6 is 11.6 Å². The molecule has 0 unspecified atom stereocenters. The summed E-state index contributed by atoms with van der Waals surface area (Å²) in [4.78, 5) is 11.8. The van der Waals surface area contributed by atoms with E-state index in [1.807, 2.05) is 0 Å². The number of hydrogen-bond donors (Lipinski definition) is 1. The third kappa shape index (κ3) is 2.41. The highest BCUT2D eigenvalue weighted by Crippen LogP contribution is 2.10. The molecule has 0 fully saturated rings. The number of nitrogens with zero attached hydrogens (tertiary/aromatic N) is 2. The molecular weight excluding hydrogens is 226 g/mol. The van der Waals surface area contributed by atoms with Gasteiger partial charge in [-0.2, -0.15) is 5.10 Å². The van der Waals surface area contributed by atoms with Gasteiger partial charge in [0, 0.05) is 16.8 Å². The number of benzene rings is 1. The summed E-state index contributed by atoms with van der Waals surface area (Å²) in [7, 11) is 0. The molecular formula is C11H10ClN3O. The average molecular weight is 236 g/mol. The van der Waals surface area contributed by atoms with Gasteiger partial charge in [0.05, 0.1) is 11.9 Å². The monoisotopic (exact) mass is 235 g/mol. The van der Waals surface area contributed by atoms with Crippen molar-refractivity contribution in [2.45, 2.75) is 6.54 Å². The number of nitrogens with two attached hydrogens (primary N) is 1. The van der Waals surface area contributed by atoms with Crippen molar-refractivity contribution in [1.29, 1.82) is 0 Å². The van der Waals surface area contributed by atoms with Crippen LogP contribution in [-0.2, 0) is 6.54 Å². The first-order chi connectivity index (χ1) is 7.65. The minimum absolute atomic E-state index is 0.0280. The number of hydrogen-bond acceptors (Lipinski definition) is 3. The van der Waals surface area contributed by atoms with Crippen molar-refractivity contribution in [3.05, 3.63) is 47.2 Å². The van der Waals surface area contributed by atoms with E-state index >= 15 is 0 Å². The van der Waals surface area contributed by atoms with Gasteiger partial charge in [0.15, 0.2) is 5.78 Å². The normalized spacial score (nSPS) is 10.3. The lowest BCUT2D eigenvalue weighted by Crippen LogP contribution is -2.10. The summed E-state index contributed by atoms with van der Waals surface area (Å²) in [6.45, 7) is 0.179. The summed E-state index contributed by atoms with van der Waals surface area (Å²) in [5.74, 6) is -0.0280. The van der Waals surface area contributed by atoms with Crippen LogP contribution in [0.3, 0.4) is 0 Å². The topological polar surface area (TPSA) is 60.9 Å². The lowest BCUT2D eigenvalue weighted by Gasteiger charge is -2.01. The van der Waals surface area contributed by atoms with Crippen LogP contribution in [-0.4, -0.2) is 15.6 Å². The van der Waals surface area contributed by atoms with E-state index in [0.29, 0.717) is 16.3 Å². The van der Waals surface area contributed by atoms with Crippen molar-refractivity contribution in [3.8, 4) is 0 Å². The van der Waals surface area contributed by atoms with E-state index in [2.05, 4.69) is 5.10 Å². The quantitative estimate of drug-likeness (QED) is 0.828. The van der Waals surface area contributed by atoms with Gasteiger partial charge in [-0.1, -0.05) is 11.6 Å². The summed E-state index contributed by atoms with van der Waals surface area (Å²) >= 11 is 5.73. The Morgan fingerprint density at radius 3 is 2.62 bits per heavy atom. The first-order valence-corrected chi connectivity index (χ1v) is 5.09. The van der Waals surface area contributed by atoms with Gasteiger partial charge >= 0.3 is 0 Å². The minimum atomic E-state index is -0.0280. The summed E-state index contributed by atoms with van der Waals surface area (Å²) in [5, 5.41) is 4.55. The second-order valence-corrected chi connectivity index (χ2v) is 3.84. The largest absolute Gasteiger partial charge is 0.396 e. The molecule has 0 aliphatic carbocycles. The van der Waals surface area contributed by atoms with Crippen molar-refractivity contribution in [1.82, 2.24) is 9.78 Å². The van der Waals surface area contributed by atoms with Crippen molar-refractivity contribution in [3.63, 3.8) is 0 Å². The third-order valence-corrected chi connectivity index (χ3v) is 2.38. The molecule has 0 aliphatic heterocycles. The Balaban J connectivity index is 2.11. The van der Waals surface area contributed by atoms with Gasteiger partial charge in [-0.3, -0.25) is 9.48 Å². The summed E-state index contributed by atoms with van der Waals surface area (Å²) in [6, 6.07) is 6.76. The average Bonchev–Trinajstić information content (AvgIpc) is 2.65. The lowest BCUT2D eigenvalue weighted by atomic mass is 10.1. The molecule has 2 rings (SSSR count). The Kier molecular flexibility index (Phi) is 2.92. The molecule has 0 saturated carbocycles. The summed E-state index contributed by atoms with van der Waals surface area (Å²) in [5.41, 5.74) is 6.66. The minimum Gasteiger partial charge on any atom is -0.396 e. The molecule has 1 heterocycles. The van der Waals surface area contributed by atoms with Gasteiger partial charge < -0.3 is 5.73 Å². The maximum atomic E-state index is 11.8. The first kappa shape index (κ1) is 10.7. The van der Waals surface area contributed by atoms with Gasteiger partial charge in [-0.15, -0.1) is 0 Å². The number of carbonyl (C=O) groups is 1. The Hall–Kier alpha value is -1.81. The predicted molar refractivity (Wildman–Crippen MR) is 62.4 cm³/mol. The van der Waals surface area contributed by atoms with E-state index in [1.165, 1.54) is 10.9 Å². The molecule has 1 aromatic carbocycles. The smallest absolute Gasteiger partial charge is 0.184 e. The van der Waals surface area contributed by atoms with Crippen LogP contribution in [0.2, 0.25) is 5.02 Å². The SMILES string of the molecule is Nc1cnn(CC(=O)c2ccc(Cl)cc2)c1. The highest BCUT2D eigenvalue weighted by atomic mass is 35.5. The third-order valence-electron chi connectivity index (χ3n) is 2.13. The highest BCUT2D eigenvalue weighted by molar-refractivity contribution is 6.30. The van der Waals surface area contributed by atoms with Crippen LogP contribution < -0.4 is 5.73 Å². The van der Waals surface area contributed by atoms with E-state index in [4.69, 9.17) is 17.3 Å². The van der Waals surface area contributed by atoms with Gasteiger partial charge in [0.1, 0.15) is 6.54 Å². The van der Waals surface area contributed by atoms with Gasteiger partial charge in [-0.25, -0.2) is 0 Å². The number of carbonyl (C=O) groups excluding carboxylic acids is 1. The van der Waals surface area contributed by atoms with Crippen LogP contribution in [0.25, 0.3) is 0 Å². The van der Waals surface area contributed by atoms with Crippen LogP contribution in [0.1, 0.15) is 10.4 Å². The number of Topliss-reactive ketones (excluding diaryl/α,β-unsaturated/α-hetero) is 1. The number of rotatable bonds is 3. The Morgan fingerprint density at radius 2 is 2.06 bits per heavy atom. The zero-order chi connectivity index (χ0) is 11.5. The molecule has 0 radical (unpaired) electrons. The Bertz CT molecular complexity index is 504. The van der Waals surface area contributed by atoms with Crippen LogP contribution in [0.4, 0.5) is 5.69 Å². The van der Waals surface area contributed by atoms with E-state index in [1.54, 1.807) is 30.5 Å². The molecule has 82 valence electrons. The van der Waals surface area contributed by atoms with Gasteiger partial charge in [0.25, 0.3) is 0 Å². The molecule has 0 atom stereocenters. The zero-order valence-corrected chi connectivity index (χ0v) is 9.19. The predicted octanol–water partition coefficient (Wildman–Crippen LogP) is 2.00. The molecule has 0 bridgehead atoms. The first-order valence-electron chi connectivity index (χ1n) is 4.72. The van der Waals surface area contributed by atoms with E-state index in [0.717, 1.165) is 0 Å². The standard InChI is InChI=1S/C11H10ClN3O/c12-9-3-1-8(2-4-9)11(16)7-15-6-10(13)5-14-15/h1-6H,7,13H2. The van der Waals surface area contributed by atoms with E-state index < -0.39 is 0 Å².